The van der Waals surface area contributed by atoms with Gasteiger partial charge in [0.15, 0.2) is 0 Å². The summed E-state index contributed by atoms with van der Waals surface area (Å²) in [7, 11) is 0. The molecule has 0 aliphatic heterocycles. The van der Waals surface area contributed by atoms with Crippen LogP contribution < -0.4 is 5.32 Å². The molecule has 1 N–H and O–H groups in total. The zero-order valence-corrected chi connectivity index (χ0v) is 22.3. The standard InChI is InChI=1S/C27H34Cl2N2O2S/c1-3-25(27(33)30-23-7-5-4-6-8-23)31(16-20-11-9-19(2)10-12-20)26(32)18-34-17-21-13-14-22(28)15-24(21)29/h9-15,23,25H,3-8,16-18H2,1-2H3,(H,30,33)/t25-/m1/s1. The van der Waals surface area contributed by atoms with Gasteiger partial charge in [-0.1, -0.05) is 85.3 Å². The first-order chi connectivity index (χ1) is 16.4. The molecule has 0 radical (unpaired) electrons. The summed E-state index contributed by atoms with van der Waals surface area (Å²) in [5.41, 5.74) is 3.13. The Morgan fingerprint density at radius 2 is 1.79 bits per heavy atom. The molecule has 1 atom stereocenters. The number of thioether (sulfide) groups is 1. The van der Waals surface area contributed by atoms with Gasteiger partial charge in [0.05, 0.1) is 5.75 Å². The Bertz CT molecular complexity index is 962. The second kappa shape index (κ2) is 13.4. The fourth-order valence-electron chi connectivity index (χ4n) is 4.32. The van der Waals surface area contributed by atoms with Crippen molar-refractivity contribution >= 4 is 46.8 Å². The number of aryl methyl sites for hydroxylation is 1. The highest BCUT2D eigenvalue weighted by molar-refractivity contribution is 7.99. The minimum atomic E-state index is -0.490. The lowest BCUT2D eigenvalue weighted by Crippen LogP contribution is -2.52. The molecule has 1 aliphatic carbocycles. The predicted octanol–water partition coefficient (Wildman–Crippen LogP) is 6.79. The first-order valence-corrected chi connectivity index (χ1v) is 14.0. The van der Waals surface area contributed by atoms with E-state index in [1.807, 2.05) is 44.2 Å². The predicted molar refractivity (Wildman–Crippen MR) is 143 cm³/mol. The van der Waals surface area contributed by atoms with Crippen LogP contribution in [0, 0.1) is 6.92 Å². The van der Waals surface area contributed by atoms with Crippen molar-refractivity contribution < 1.29 is 9.59 Å². The molecule has 0 aromatic heterocycles. The van der Waals surface area contributed by atoms with Gasteiger partial charge in [-0.2, -0.15) is 0 Å². The number of nitrogens with one attached hydrogen (secondary N) is 1. The minimum Gasteiger partial charge on any atom is -0.352 e. The number of carbonyl (C=O) groups excluding carboxylic acids is 2. The van der Waals surface area contributed by atoms with Crippen LogP contribution in [0.2, 0.25) is 10.0 Å². The highest BCUT2D eigenvalue weighted by Crippen LogP contribution is 2.25. The van der Waals surface area contributed by atoms with Crippen molar-refractivity contribution in [3.63, 3.8) is 0 Å². The van der Waals surface area contributed by atoms with E-state index in [1.165, 1.54) is 23.7 Å². The summed E-state index contributed by atoms with van der Waals surface area (Å²) in [6, 6.07) is 13.3. The van der Waals surface area contributed by atoms with Crippen molar-refractivity contribution in [1.82, 2.24) is 10.2 Å². The summed E-state index contributed by atoms with van der Waals surface area (Å²) in [5, 5.41) is 4.42. The van der Waals surface area contributed by atoms with E-state index >= 15 is 0 Å². The molecule has 1 fully saturated rings. The van der Waals surface area contributed by atoms with Crippen molar-refractivity contribution in [2.24, 2.45) is 0 Å². The van der Waals surface area contributed by atoms with Gasteiger partial charge in [-0.05, 0) is 49.4 Å². The minimum absolute atomic E-state index is 0.0405. The molecular formula is C27H34Cl2N2O2S. The van der Waals surface area contributed by atoms with Crippen LogP contribution in [0.15, 0.2) is 42.5 Å². The maximum absolute atomic E-state index is 13.4. The second-order valence-electron chi connectivity index (χ2n) is 9.00. The molecule has 0 spiro atoms. The van der Waals surface area contributed by atoms with Crippen LogP contribution in [0.5, 0.6) is 0 Å². The molecule has 0 unspecified atom stereocenters. The lowest BCUT2D eigenvalue weighted by molar-refractivity contribution is -0.139. The normalized spacial score (nSPS) is 15.1. The van der Waals surface area contributed by atoms with Gasteiger partial charge in [-0.15, -0.1) is 11.8 Å². The molecule has 2 amide bonds. The van der Waals surface area contributed by atoms with Crippen LogP contribution in [-0.4, -0.2) is 34.6 Å². The molecule has 0 bridgehead atoms. The molecule has 2 aromatic carbocycles. The van der Waals surface area contributed by atoms with Crippen molar-refractivity contribution in [3.05, 3.63) is 69.2 Å². The Morgan fingerprint density at radius 1 is 1.09 bits per heavy atom. The Kier molecular flexibility index (Phi) is 10.6. The SMILES string of the molecule is CC[C@H](C(=O)NC1CCCCC1)N(Cc1ccc(C)cc1)C(=O)CSCc1ccc(Cl)cc1Cl. The van der Waals surface area contributed by atoms with Gasteiger partial charge in [0.25, 0.3) is 0 Å². The van der Waals surface area contributed by atoms with Crippen molar-refractivity contribution in [2.45, 2.75) is 76.8 Å². The summed E-state index contributed by atoms with van der Waals surface area (Å²) in [6.45, 7) is 4.43. The maximum Gasteiger partial charge on any atom is 0.243 e. The molecule has 1 aliphatic rings. The molecular weight excluding hydrogens is 487 g/mol. The first kappa shape index (κ1) is 26.9. The third kappa shape index (κ3) is 7.93. The van der Waals surface area contributed by atoms with Crippen LogP contribution in [0.1, 0.15) is 62.1 Å². The van der Waals surface area contributed by atoms with Gasteiger partial charge in [0.1, 0.15) is 6.04 Å². The highest BCUT2D eigenvalue weighted by Gasteiger charge is 2.30. The highest BCUT2D eigenvalue weighted by atomic mass is 35.5. The summed E-state index contributed by atoms with van der Waals surface area (Å²) >= 11 is 13.8. The van der Waals surface area contributed by atoms with Gasteiger partial charge in [-0.25, -0.2) is 0 Å². The van der Waals surface area contributed by atoms with E-state index in [1.54, 1.807) is 17.0 Å². The second-order valence-corrected chi connectivity index (χ2v) is 10.8. The van der Waals surface area contributed by atoms with Crippen molar-refractivity contribution in [3.8, 4) is 0 Å². The molecule has 0 heterocycles. The van der Waals surface area contributed by atoms with Gasteiger partial charge >= 0.3 is 0 Å². The van der Waals surface area contributed by atoms with E-state index in [0.717, 1.165) is 36.8 Å². The van der Waals surface area contributed by atoms with Gasteiger partial charge in [0.2, 0.25) is 11.8 Å². The molecule has 184 valence electrons. The van der Waals surface area contributed by atoms with Crippen LogP contribution in [-0.2, 0) is 21.9 Å². The lowest BCUT2D eigenvalue weighted by atomic mass is 9.95. The molecule has 34 heavy (non-hydrogen) atoms. The fraction of sp³-hybridized carbons (Fsp3) is 0.481. The lowest BCUT2D eigenvalue weighted by Gasteiger charge is -2.32. The summed E-state index contributed by atoms with van der Waals surface area (Å²) in [5.74, 6) is 0.797. The van der Waals surface area contributed by atoms with E-state index in [4.69, 9.17) is 23.2 Å². The third-order valence-corrected chi connectivity index (χ3v) is 7.86. The summed E-state index contributed by atoms with van der Waals surface area (Å²) in [6.07, 6.45) is 6.15. The van der Waals surface area contributed by atoms with Crippen LogP contribution in [0.25, 0.3) is 0 Å². The van der Waals surface area contributed by atoms with E-state index in [9.17, 15) is 9.59 Å². The third-order valence-electron chi connectivity index (χ3n) is 6.31. The van der Waals surface area contributed by atoms with Crippen LogP contribution in [0.3, 0.4) is 0 Å². The van der Waals surface area contributed by atoms with Crippen LogP contribution >= 0.6 is 35.0 Å². The molecule has 7 heteroatoms. The van der Waals surface area contributed by atoms with Gasteiger partial charge < -0.3 is 10.2 Å². The number of benzene rings is 2. The number of rotatable bonds is 10. The molecule has 0 saturated heterocycles. The first-order valence-electron chi connectivity index (χ1n) is 12.0. The number of carbonyl (C=O) groups is 2. The Labute approximate surface area is 217 Å². The number of hydrogen-bond acceptors (Lipinski definition) is 3. The van der Waals surface area contributed by atoms with E-state index < -0.39 is 6.04 Å². The average molecular weight is 522 g/mol. The number of nitrogens with zero attached hydrogens (tertiary/aromatic N) is 1. The monoisotopic (exact) mass is 520 g/mol. The quantitative estimate of drug-likeness (QED) is 0.375. The summed E-state index contributed by atoms with van der Waals surface area (Å²) in [4.78, 5) is 28.4. The van der Waals surface area contributed by atoms with E-state index in [0.29, 0.717) is 28.8 Å². The number of hydrogen-bond donors (Lipinski definition) is 1. The maximum atomic E-state index is 13.4. The van der Waals surface area contributed by atoms with Crippen molar-refractivity contribution in [2.75, 3.05) is 5.75 Å². The fourth-order valence-corrected chi connectivity index (χ4v) is 5.79. The van der Waals surface area contributed by atoms with Crippen LogP contribution in [0.4, 0.5) is 0 Å². The largest absolute Gasteiger partial charge is 0.352 e. The molecule has 4 nitrogen and oxygen atoms in total. The zero-order valence-electron chi connectivity index (χ0n) is 20.0. The van der Waals surface area contributed by atoms with Crippen molar-refractivity contribution in [1.29, 1.82) is 0 Å². The van der Waals surface area contributed by atoms with Gasteiger partial charge in [0, 0.05) is 28.4 Å². The van der Waals surface area contributed by atoms with E-state index in [2.05, 4.69) is 5.32 Å². The smallest absolute Gasteiger partial charge is 0.243 e. The Hall–Kier alpha value is -1.69. The van der Waals surface area contributed by atoms with E-state index in [-0.39, 0.29) is 23.6 Å². The molecule has 2 aromatic rings. The zero-order chi connectivity index (χ0) is 24.5. The number of amides is 2. The Morgan fingerprint density at radius 3 is 2.44 bits per heavy atom. The Balaban J connectivity index is 1.70. The average Bonchev–Trinajstić information content (AvgIpc) is 2.82. The molecule has 1 saturated carbocycles. The topological polar surface area (TPSA) is 49.4 Å². The van der Waals surface area contributed by atoms with Gasteiger partial charge in [-0.3, -0.25) is 9.59 Å². The number of halogens is 2. The summed E-state index contributed by atoms with van der Waals surface area (Å²) < 4.78 is 0. The molecule has 3 rings (SSSR count).